The van der Waals surface area contributed by atoms with Crippen LogP contribution < -0.4 is 14.8 Å². The van der Waals surface area contributed by atoms with Crippen LogP contribution in [0.4, 0.5) is 0 Å². The van der Waals surface area contributed by atoms with Gasteiger partial charge in [-0.1, -0.05) is 0 Å². The molecule has 7 heteroatoms. The first-order valence-corrected chi connectivity index (χ1v) is 9.57. The highest BCUT2D eigenvalue weighted by Crippen LogP contribution is 2.25. The highest BCUT2D eigenvalue weighted by Gasteiger charge is 2.21. The third kappa shape index (κ3) is 5.27. The van der Waals surface area contributed by atoms with Crippen LogP contribution in [-0.2, 0) is 11.3 Å². The maximum absolute atomic E-state index is 12.3. The molecule has 1 aromatic heterocycles. The summed E-state index contributed by atoms with van der Waals surface area (Å²) in [5, 5.41) is 2.99. The molecule has 1 amide bonds. The number of piperazine rings is 1. The first-order chi connectivity index (χ1) is 13.6. The van der Waals surface area contributed by atoms with Crippen molar-refractivity contribution in [2.75, 3.05) is 46.9 Å². The summed E-state index contributed by atoms with van der Waals surface area (Å²) in [7, 11) is 3.35. The zero-order valence-electron chi connectivity index (χ0n) is 16.8. The summed E-state index contributed by atoms with van der Waals surface area (Å²) in [5.74, 6) is 2.49. The van der Waals surface area contributed by atoms with Crippen molar-refractivity contribution in [2.24, 2.45) is 0 Å². The predicted octanol–water partition coefficient (Wildman–Crippen LogP) is 2.29. The number of carbonyl (C=O) groups is 1. The topological polar surface area (TPSA) is 67.2 Å². The van der Waals surface area contributed by atoms with E-state index in [1.807, 2.05) is 37.3 Å². The van der Waals surface area contributed by atoms with Crippen LogP contribution in [-0.4, -0.2) is 62.7 Å². The van der Waals surface area contributed by atoms with E-state index in [9.17, 15) is 4.79 Å². The fourth-order valence-corrected chi connectivity index (χ4v) is 3.45. The zero-order valence-corrected chi connectivity index (χ0v) is 16.8. The van der Waals surface area contributed by atoms with Gasteiger partial charge in [-0.3, -0.25) is 14.6 Å². The van der Waals surface area contributed by atoms with E-state index in [0.717, 1.165) is 55.5 Å². The van der Waals surface area contributed by atoms with Gasteiger partial charge in [0.2, 0.25) is 5.91 Å². The Balaban J connectivity index is 1.46. The minimum absolute atomic E-state index is 0.0202. The molecule has 1 fully saturated rings. The number of ether oxygens (including phenoxy) is 2. The van der Waals surface area contributed by atoms with Crippen LogP contribution in [0.25, 0.3) is 0 Å². The van der Waals surface area contributed by atoms with Crippen molar-refractivity contribution in [3.8, 4) is 11.5 Å². The first kappa shape index (κ1) is 20.2. The molecule has 0 bridgehead atoms. The Morgan fingerprint density at radius 1 is 1.14 bits per heavy atom. The van der Waals surface area contributed by atoms with Crippen molar-refractivity contribution in [1.82, 2.24) is 15.1 Å². The molecule has 2 heterocycles. The van der Waals surface area contributed by atoms with Crippen LogP contribution in [0.15, 0.2) is 41.0 Å². The number of furan rings is 1. The molecule has 0 spiro atoms. The summed E-state index contributed by atoms with van der Waals surface area (Å²) in [6.45, 7) is 6.65. The molecule has 3 rings (SSSR count). The first-order valence-electron chi connectivity index (χ1n) is 9.57. The average Bonchev–Trinajstić information content (AvgIpc) is 3.24. The van der Waals surface area contributed by atoms with Gasteiger partial charge in [-0.2, -0.15) is 0 Å². The lowest BCUT2D eigenvalue weighted by molar-refractivity contribution is -0.123. The lowest BCUT2D eigenvalue weighted by atomic mass is 10.1. The molecule has 1 aromatic carbocycles. The second kappa shape index (κ2) is 9.61. The molecule has 0 saturated carbocycles. The Bertz CT molecular complexity index is 755. The van der Waals surface area contributed by atoms with Crippen LogP contribution in [0, 0.1) is 0 Å². The SMILES string of the molecule is COc1ccc(OC)c(CN2CCN(CC(=O)NC(C)c3ccco3)CC2)c1. The molecule has 1 aliphatic heterocycles. The molecule has 1 atom stereocenters. The van der Waals surface area contributed by atoms with Gasteiger partial charge in [0, 0.05) is 38.3 Å². The molecule has 152 valence electrons. The van der Waals surface area contributed by atoms with Crippen LogP contribution in [0.5, 0.6) is 11.5 Å². The standard InChI is InChI=1S/C21H29N3O4/c1-16(19-5-4-12-28-19)22-21(25)15-24-10-8-23(9-11-24)14-17-13-18(26-2)6-7-20(17)27-3/h4-7,12-13,16H,8-11,14-15H2,1-3H3,(H,22,25). The van der Waals surface area contributed by atoms with E-state index in [2.05, 4.69) is 15.1 Å². The normalized spacial score (nSPS) is 16.5. The number of amides is 1. The maximum atomic E-state index is 12.3. The highest BCUT2D eigenvalue weighted by atomic mass is 16.5. The second-order valence-electron chi connectivity index (χ2n) is 7.03. The lowest BCUT2D eigenvalue weighted by Gasteiger charge is -2.34. The van der Waals surface area contributed by atoms with Crippen molar-refractivity contribution in [3.05, 3.63) is 47.9 Å². The number of methoxy groups -OCH3 is 2. The Kier molecular flexibility index (Phi) is 6.95. The number of nitrogens with one attached hydrogen (secondary N) is 1. The lowest BCUT2D eigenvalue weighted by Crippen LogP contribution is -2.49. The number of nitrogens with zero attached hydrogens (tertiary/aromatic N) is 2. The van der Waals surface area contributed by atoms with Gasteiger partial charge in [0.25, 0.3) is 0 Å². The van der Waals surface area contributed by atoms with E-state index in [1.165, 1.54) is 0 Å². The van der Waals surface area contributed by atoms with E-state index in [1.54, 1.807) is 20.5 Å². The predicted molar refractivity (Wildman–Crippen MR) is 107 cm³/mol. The number of benzene rings is 1. The summed E-state index contributed by atoms with van der Waals surface area (Å²) >= 11 is 0. The molecule has 0 aliphatic carbocycles. The molecule has 0 radical (unpaired) electrons. The molecule has 28 heavy (non-hydrogen) atoms. The fraction of sp³-hybridized carbons (Fsp3) is 0.476. The minimum Gasteiger partial charge on any atom is -0.497 e. The summed E-state index contributed by atoms with van der Waals surface area (Å²) in [4.78, 5) is 16.9. The van der Waals surface area contributed by atoms with Gasteiger partial charge >= 0.3 is 0 Å². The molecule has 1 unspecified atom stereocenters. The zero-order chi connectivity index (χ0) is 19.9. The monoisotopic (exact) mass is 387 g/mol. The highest BCUT2D eigenvalue weighted by molar-refractivity contribution is 5.78. The third-order valence-electron chi connectivity index (χ3n) is 5.06. The van der Waals surface area contributed by atoms with Crippen LogP contribution >= 0.6 is 0 Å². The number of hydrogen-bond donors (Lipinski definition) is 1. The van der Waals surface area contributed by atoms with Crippen molar-refractivity contribution in [3.63, 3.8) is 0 Å². The van der Waals surface area contributed by atoms with E-state index in [0.29, 0.717) is 6.54 Å². The van der Waals surface area contributed by atoms with Gasteiger partial charge in [-0.15, -0.1) is 0 Å². The van der Waals surface area contributed by atoms with Crippen molar-refractivity contribution >= 4 is 5.91 Å². The van der Waals surface area contributed by atoms with Crippen LogP contribution in [0.1, 0.15) is 24.3 Å². The summed E-state index contributed by atoms with van der Waals surface area (Å²) < 4.78 is 16.1. The largest absolute Gasteiger partial charge is 0.497 e. The van der Waals surface area contributed by atoms with Gasteiger partial charge in [-0.25, -0.2) is 0 Å². The summed E-state index contributed by atoms with van der Waals surface area (Å²) in [6, 6.07) is 9.45. The fourth-order valence-electron chi connectivity index (χ4n) is 3.45. The summed E-state index contributed by atoms with van der Waals surface area (Å²) in [5.41, 5.74) is 1.11. The Hall–Kier alpha value is -2.51. The Morgan fingerprint density at radius 2 is 1.89 bits per heavy atom. The van der Waals surface area contributed by atoms with Gasteiger partial charge in [0.1, 0.15) is 17.3 Å². The smallest absolute Gasteiger partial charge is 0.234 e. The molecule has 2 aromatic rings. The molecule has 1 N–H and O–H groups in total. The molecule has 1 aliphatic rings. The molecular weight excluding hydrogens is 358 g/mol. The maximum Gasteiger partial charge on any atom is 0.234 e. The quantitative estimate of drug-likeness (QED) is 0.750. The molecular formula is C21H29N3O4. The van der Waals surface area contributed by atoms with E-state index >= 15 is 0 Å². The van der Waals surface area contributed by atoms with Gasteiger partial charge < -0.3 is 19.2 Å². The van der Waals surface area contributed by atoms with Crippen molar-refractivity contribution < 1.29 is 18.7 Å². The minimum atomic E-state index is -0.121. The van der Waals surface area contributed by atoms with Crippen molar-refractivity contribution in [2.45, 2.75) is 19.5 Å². The van der Waals surface area contributed by atoms with E-state index in [4.69, 9.17) is 13.9 Å². The van der Waals surface area contributed by atoms with E-state index in [-0.39, 0.29) is 11.9 Å². The summed E-state index contributed by atoms with van der Waals surface area (Å²) in [6.07, 6.45) is 1.62. The average molecular weight is 387 g/mol. The number of hydrogen-bond acceptors (Lipinski definition) is 6. The molecule has 1 saturated heterocycles. The van der Waals surface area contributed by atoms with Crippen LogP contribution in [0.3, 0.4) is 0 Å². The van der Waals surface area contributed by atoms with E-state index < -0.39 is 0 Å². The van der Waals surface area contributed by atoms with Gasteiger partial charge in [-0.05, 0) is 37.3 Å². The Morgan fingerprint density at radius 3 is 2.54 bits per heavy atom. The number of carbonyl (C=O) groups excluding carboxylic acids is 1. The third-order valence-corrected chi connectivity index (χ3v) is 5.06. The molecule has 7 nitrogen and oxygen atoms in total. The van der Waals surface area contributed by atoms with Gasteiger partial charge in [0.15, 0.2) is 0 Å². The van der Waals surface area contributed by atoms with Crippen molar-refractivity contribution in [1.29, 1.82) is 0 Å². The van der Waals surface area contributed by atoms with Gasteiger partial charge in [0.05, 0.1) is 33.1 Å². The Labute approximate surface area is 166 Å². The number of rotatable bonds is 8. The van der Waals surface area contributed by atoms with Crippen LogP contribution in [0.2, 0.25) is 0 Å². The second-order valence-corrected chi connectivity index (χ2v) is 7.03.